The smallest absolute Gasteiger partial charge is 0.384 e. The summed E-state index contributed by atoms with van der Waals surface area (Å²) in [5.74, 6) is -1.50. The molecular formula is C12H11F3N4S. The molecule has 0 atom stereocenters. The van der Waals surface area contributed by atoms with Crippen molar-refractivity contribution in [1.82, 2.24) is 9.97 Å². The van der Waals surface area contributed by atoms with E-state index >= 15 is 0 Å². The van der Waals surface area contributed by atoms with E-state index in [-0.39, 0.29) is 11.6 Å². The molecule has 3 N–H and O–H groups in total. The molecule has 106 valence electrons. The van der Waals surface area contributed by atoms with Crippen molar-refractivity contribution < 1.29 is 13.2 Å². The lowest BCUT2D eigenvalue weighted by atomic mass is 10.3. The molecule has 0 aliphatic carbocycles. The van der Waals surface area contributed by atoms with Crippen molar-refractivity contribution in [3.05, 3.63) is 36.2 Å². The van der Waals surface area contributed by atoms with Gasteiger partial charge >= 0.3 is 6.18 Å². The molecular weight excluding hydrogens is 289 g/mol. The second-order valence-corrected chi connectivity index (χ2v) is 4.73. The summed E-state index contributed by atoms with van der Waals surface area (Å²) in [6.07, 6.45) is -2.70. The van der Waals surface area contributed by atoms with E-state index in [4.69, 9.17) is 5.73 Å². The molecule has 0 spiro atoms. The third-order valence-corrected chi connectivity index (χ3v) is 3.11. The van der Waals surface area contributed by atoms with Crippen LogP contribution in [0.5, 0.6) is 0 Å². The van der Waals surface area contributed by atoms with Crippen LogP contribution in [0.15, 0.2) is 35.2 Å². The van der Waals surface area contributed by atoms with Crippen molar-refractivity contribution in [3.63, 3.8) is 0 Å². The lowest BCUT2D eigenvalue weighted by molar-refractivity contribution is -0.144. The quantitative estimate of drug-likeness (QED) is 0.849. The van der Waals surface area contributed by atoms with Crippen LogP contribution in [0.4, 0.5) is 30.5 Å². The van der Waals surface area contributed by atoms with Crippen LogP contribution in [0, 0.1) is 0 Å². The molecule has 0 saturated carbocycles. The Labute approximate surface area is 117 Å². The summed E-state index contributed by atoms with van der Waals surface area (Å²) in [5.41, 5.74) is 5.98. The van der Waals surface area contributed by atoms with Gasteiger partial charge in [-0.15, -0.1) is 11.8 Å². The molecule has 0 aliphatic rings. The van der Waals surface area contributed by atoms with Crippen LogP contribution in [0.1, 0.15) is 5.82 Å². The molecule has 1 aromatic heterocycles. The summed E-state index contributed by atoms with van der Waals surface area (Å²) in [4.78, 5) is 7.63. The summed E-state index contributed by atoms with van der Waals surface area (Å²) < 4.78 is 37.7. The van der Waals surface area contributed by atoms with Gasteiger partial charge in [0.2, 0.25) is 5.82 Å². The second kappa shape index (κ2) is 5.58. The Kier molecular flexibility index (Phi) is 4.03. The Hall–Kier alpha value is -1.96. The molecule has 0 radical (unpaired) electrons. The van der Waals surface area contributed by atoms with E-state index in [1.54, 1.807) is 23.9 Å². The molecule has 2 aromatic rings. The van der Waals surface area contributed by atoms with Crippen LogP contribution in [-0.2, 0) is 6.18 Å². The maximum atomic E-state index is 12.6. The van der Waals surface area contributed by atoms with Crippen LogP contribution in [-0.4, -0.2) is 16.2 Å². The van der Waals surface area contributed by atoms with Gasteiger partial charge in [0.15, 0.2) is 0 Å². The Morgan fingerprint density at radius 1 is 1.15 bits per heavy atom. The fraction of sp³-hybridized carbons (Fsp3) is 0.167. The minimum atomic E-state index is -4.63. The largest absolute Gasteiger partial charge is 0.451 e. The van der Waals surface area contributed by atoms with Crippen LogP contribution in [0.25, 0.3) is 0 Å². The van der Waals surface area contributed by atoms with Gasteiger partial charge < -0.3 is 11.1 Å². The van der Waals surface area contributed by atoms with E-state index in [2.05, 4.69) is 15.3 Å². The third-order valence-electron chi connectivity index (χ3n) is 2.36. The van der Waals surface area contributed by atoms with Crippen molar-refractivity contribution in [3.8, 4) is 0 Å². The minimum absolute atomic E-state index is 0.00160. The first-order valence-electron chi connectivity index (χ1n) is 5.51. The Morgan fingerprint density at radius 2 is 1.80 bits per heavy atom. The maximum absolute atomic E-state index is 12.6. The van der Waals surface area contributed by atoms with Gasteiger partial charge in [-0.25, -0.2) is 9.97 Å². The van der Waals surface area contributed by atoms with Crippen LogP contribution in [0.3, 0.4) is 0 Å². The molecule has 1 aromatic carbocycles. The number of alkyl halides is 3. The molecule has 0 fully saturated rings. The fourth-order valence-corrected chi connectivity index (χ4v) is 1.89. The monoisotopic (exact) mass is 300 g/mol. The third kappa shape index (κ3) is 3.53. The number of benzene rings is 1. The molecule has 2 rings (SSSR count). The predicted molar refractivity (Wildman–Crippen MR) is 73.0 cm³/mol. The lowest BCUT2D eigenvalue weighted by Crippen LogP contribution is -2.13. The zero-order valence-corrected chi connectivity index (χ0v) is 11.2. The number of anilines is 3. The van der Waals surface area contributed by atoms with Crippen molar-refractivity contribution in [2.24, 2.45) is 0 Å². The van der Waals surface area contributed by atoms with Gasteiger partial charge in [-0.05, 0) is 30.5 Å². The van der Waals surface area contributed by atoms with Crippen LogP contribution >= 0.6 is 11.8 Å². The Bertz CT molecular complexity index is 599. The fourth-order valence-electron chi connectivity index (χ4n) is 1.48. The number of halogens is 3. The van der Waals surface area contributed by atoms with Crippen molar-refractivity contribution in [1.29, 1.82) is 0 Å². The Balaban J connectivity index is 2.26. The standard InChI is InChI=1S/C12H11F3N4S/c1-20-8-4-2-7(3-5-8)17-10-6-9(16)18-11(19-10)12(13,14)15/h2-6H,1H3,(H3,16,17,18,19). The molecule has 0 unspecified atom stereocenters. The normalized spacial score (nSPS) is 11.4. The molecule has 4 nitrogen and oxygen atoms in total. The van der Waals surface area contributed by atoms with E-state index in [1.807, 2.05) is 18.4 Å². The van der Waals surface area contributed by atoms with Crippen LogP contribution in [0.2, 0.25) is 0 Å². The Morgan fingerprint density at radius 3 is 2.35 bits per heavy atom. The molecule has 0 amide bonds. The van der Waals surface area contributed by atoms with E-state index in [9.17, 15) is 13.2 Å². The first-order valence-corrected chi connectivity index (χ1v) is 6.74. The molecule has 0 aliphatic heterocycles. The molecule has 8 heteroatoms. The summed E-state index contributed by atoms with van der Waals surface area (Å²) in [5, 5.41) is 2.77. The van der Waals surface area contributed by atoms with E-state index < -0.39 is 12.0 Å². The van der Waals surface area contributed by atoms with Crippen LogP contribution < -0.4 is 11.1 Å². The van der Waals surface area contributed by atoms with Crippen molar-refractivity contribution in [2.75, 3.05) is 17.3 Å². The number of hydrogen-bond donors (Lipinski definition) is 2. The maximum Gasteiger partial charge on any atom is 0.451 e. The summed E-state index contributed by atoms with van der Waals surface area (Å²) >= 11 is 1.57. The number of nitrogens with two attached hydrogens (primary N) is 1. The highest BCUT2D eigenvalue weighted by molar-refractivity contribution is 7.98. The zero-order chi connectivity index (χ0) is 14.8. The molecule has 20 heavy (non-hydrogen) atoms. The van der Waals surface area contributed by atoms with Crippen molar-refractivity contribution in [2.45, 2.75) is 11.1 Å². The minimum Gasteiger partial charge on any atom is -0.384 e. The number of nitrogens with zero attached hydrogens (tertiary/aromatic N) is 2. The van der Waals surface area contributed by atoms with Gasteiger partial charge in [0.25, 0.3) is 0 Å². The second-order valence-electron chi connectivity index (χ2n) is 3.85. The lowest BCUT2D eigenvalue weighted by Gasteiger charge is -2.10. The predicted octanol–water partition coefficient (Wildman–Crippen LogP) is 3.54. The number of nitrogens with one attached hydrogen (secondary N) is 1. The van der Waals surface area contributed by atoms with E-state index in [1.165, 1.54) is 6.07 Å². The van der Waals surface area contributed by atoms with Gasteiger partial charge in [0.1, 0.15) is 11.6 Å². The number of aromatic nitrogens is 2. The number of rotatable bonds is 3. The zero-order valence-electron chi connectivity index (χ0n) is 10.4. The number of thioether (sulfide) groups is 1. The molecule has 0 saturated heterocycles. The van der Waals surface area contributed by atoms with Gasteiger partial charge in [0, 0.05) is 16.6 Å². The van der Waals surface area contributed by atoms with Gasteiger partial charge in [0.05, 0.1) is 0 Å². The van der Waals surface area contributed by atoms with E-state index in [0.717, 1.165) is 4.90 Å². The summed E-state index contributed by atoms with van der Waals surface area (Å²) in [6, 6.07) is 8.44. The molecule has 1 heterocycles. The average Bonchev–Trinajstić information content (AvgIpc) is 2.38. The highest BCUT2D eigenvalue weighted by Gasteiger charge is 2.35. The van der Waals surface area contributed by atoms with Gasteiger partial charge in [-0.2, -0.15) is 13.2 Å². The first-order chi connectivity index (χ1) is 9.38. The molecule has 0 bridgehead atoms. The summed E-state index contributed by atoms with van der Waals surface area (Å²) in [7, 11) is 0. The van der Waals surface area contributed by atoms with E-state index in [0.29, 0.717) is 5.69 Å². The van der Waals surface area contributed by atoms with Crippen molar-refractivity contribution >= 4 is 29.1 Å². The highest BCUT2D eigenvalue weighted by Crippen LogP contribution is 2.28. The van der Waals surface area contributed by atoms with Gasteiger partial charge in [-0.3, -0.25) is 0 Å². The highest BCUT2D eigenvalue weighted by atomic mass is 32.2. The first kappa shape index (κ1) is 14.4. The summed E-state index contributed by atoms with van der Waals surface area (Å²) in [6.45, 7) is 0. The SMILES string of the molecule is CSc1ccc(Nc2cc(N)nc(C(F)(F)F)n2)cc1. The average molecular weight is 300 g/mol. The number of nitrogen functional groups attached to an aromatic ring is 1. The number of hydrogen-bond acceptors (Lipinski definition) is 5. The van der Waals surface area contributed by atoms with Gasteiger partial charge in [-0.1, -0.05) is 0 Å². The topological polar surface area (TPSA) is 63.8 Å².